The number of carboxylic acids is 3. The van der Waals surface area contributed by atoms with Crippen LogP contribution in [0.15, 0.2) is 30.3 Å². The van der Waals surface area contributed by atoms with E-state index in [9.17, 15) is 14.4 Å². The maximum absolute atomic E-state index is 11.2. The average Bonchev–Trinajstić information content (AvgIpc) is 2.73. The van der Waals surface area contributed by atoms with Crippen molar-refractivity contribution < 1.29 is 34.4 Å². The second kappa shape index (κ2) is 8.75. The van der Waals surface area contributed by atoms with Crippen molar-refractivity contribution in [1.29, 1.82) is 0 Å². The maximum Gasteiger partial charge on any atom is 0.329 e. The molecule has 0 atom stereocenters. The van der Waals surface area contributed by atoms with Gasteiger partial charge in [-0.15, -0.1) is 0 Å². The van der Waals surface area contributed by atoms with Crippen molar-refractivity contribution in [3.05, 3.63) is 35.9 Å². The number of benzene rings is 1. The second-order valence-corrected chi connectivity index (χ2v) is 6.25. The standard InChI is InChI=1S/C17H22N2O7/c20-14(21)8-18-6-7-19(9-15(22)23)12-17(11-18,26-10-16(24)25)13-4-2-1-3-5-13/h1-5H,6-12H2,(H,20,21)(H,22,23)(H,24,25). The Hall–Kier alpha value is -2.49. The molecule has 1 aromatic carbocycles. The van der Waals surface area contributed by atoms with Gasteiger partial charge in [0.1, 0.15) is 12.2 Å². The van der Waals surface area contributed by atoms with E-state index in [0.717, 1.165) is 0 Å². The molecule has 0 saturated carbocycles. The van der Waals surface area contributed by atoms with Crippen molar-refractivity contribution >= 4 is 17.9 Å². The molecule has 0 bridgehead atoms. The molecule has 0 amide bonds. The SMILES string of the molecule is O=C(O)COC1(c2ccccc2)CN(CC(=O)O)CCN(CC(=O)O)C1. The molecule has 0 aliphatic carbocycles. The monoisotopic (exact) mass is 366 g/mol. The zero-order valence-electron chi connectivity index (χ0n) is 14.2. The van der Waals surface area contributed by atoms with Crippen molar-refractivity contribution in [3.8, 4) is 0 Å². The first kappa shape index (κ1) is 19.8. The van der Waals surface area contributed by atoms with Crippen molar-refractivity contribution in [2.75, 3.05) is 45.9 Å². The van der Waals surface area contributed by atoms with Crippen LogP contribution in [0, 0.1) is 0 Å². The Balaban J connectivity index is 2.40. The number of ether oxygens (including phenoxy) is 1. The van der Waals surface area contributed by atoms with Gasteiger partial charge >= 0.3 is 17.9 Å². The Labute approximate surface area is 150 Å². The predicted octanol–water partition coefficient (Wildman–Crippen LogP) is -0.230. The zero-order chi connectivity index (χ0) is 19.2. The summed E-state index contributed by atoms with van der Waals surface area (Å²) in [5.41, 5.74) is -0.477. The first-order chi connectivity index (χ1) is 12.3. The molecular formula is C17H22N2O7. The number of nitrogens with zero attached hydrogens (tertiary/aromatic N) is 2. The minimum Gasteiger partial charge on any atom is -0.480 e. The van der Waals surface area contributed by atoms with Crippen LogP contribution in [0.2, 0.25) is 0 Å². The smallest absolute Gasteiger partial charge is 0.329 e. The van der Waals surface area contributed by atoms with Gasteiger partial charge in [-0.05, 0) is 5.56 Å². The van der Waals surface area contributed by atoms with E-state index in [2.05, 4.69) is 0 Å². The van der Waals surface area contributed by atoms with Crippen LogP contribution >= 0.6 is 0 Å². The minimum atomic E-state index is -1.15. The largest absolute Gasteiger partial charge is 0.480 e. The number of carbonyl (C=O) groups is 3. The summed E-state index contributed by atoms with van der Waals surface area (Å²) in [7, 11) is 0. The molecule has 1 aliphatic heterocycles. The molecule has 9 heteroatoms. The van der Waals surface area contributed by atoms with E-state index in [4.69, 9.17) is 20.1 Å². The summed E-state index contributed by atoms with van der Waals surface area (Å²) in [6.45, 7) is -0.0941. The number of hydrogen-bond donors (Lipinski definition) is 3. The topological polar surface area (TPSA) is 128 Å². The number of carboxylic acid groups (broad SMARTS) is 3. The first-order valence-electron chi connectivity index (χ1n) is 8.10. The number of hydrogen-bond acceptors (Lipinski definition) is 6. The molecule has 0 radical (unpaired) electrons. The maximum atomic E-state index is 11.2. The molecule has 0 unspecified atom stereocenters. The van der Waals surface area contributed by atoms with Crippen LogP contribution < -0.4 is 0 Å². The van der Waals surface area contributed by atoms with Crippen molar-refractivity contribution in [3.63, 3.8) is 0 Å². The van der Waals surface area contributed by atoms with Crippen LogP contribution in [0.4, 0.5) is 0 Å². The summed E-state index contributed by atoms with van der Waals surface area (Å²) in [6.07, 6.45) is 0. The normalized spacial score (nSPS) is 18.2. The van der Waals surface area contributed by atoms with E-state index in [-0.39, 0.29) is 26.2 Å². The third-order valence-electron chi connectivity index (χ3n) is 4.18. The molecule has 1 saturated heterocycles. The molecule has 0 spiro atoms. The lowest BCUT2D eigenvalue weighted by atomic mass is 9.92. The van der Waals surface area contributed by atoms with Gasteiger partial charge in [0.05, 0.1) is 13.1 Å². The van der Waals surface area contributed by atoms with Gasteiger partial charge in [0.25, 0.3) is 0 Å². The quantitative estimate of drug-likeness (QED) is 0.571. The van der Waals surface area contributed by atoms with Crippen molar-refractivity contribution in [1.82, 2.24) is 9.80 Å². The first-order valence-corrected chi connectivity index (χ1v) is 8.10. The number of rotatable bonds is 8. The average molecular weight is 366 g/mol. The summed E-state index contributed by atoms with van der Waals surface area (Å²) in [4.78, 5) is 36.7. The van der Waals surface area contributed by atoms with Crippen molar-refractivity contribution in [2.24, 2.45) is 0 Å². The highest BCUT2D eigenvalue weighted by atomic mass is 16.5. The van der Waals surface area contributed by atoms with Gasteiger partial charge in [0.15, 0.2) is 0 Å². The van der Waals surface area contributed by atoms with E-state index in [0.29, 0.717) is 18.7 Å². The predicted molar refractivity (Wildman–Crippen MR) is 89.9 cm³/mol. The van der Waals surface area contributed by atoms with Gasteiger partial charge in [0, 0.05) is 26.2 Å². The number of aliphatic carboxylic acids is 3. The fraction of sp³-hybridized carbons (Fsp3) is 0.471. The van der Waals surface area contributed by atoms with Crippen LogP contribution in [-0.2, 0) is 24.7 Å². The van der Waals surface area contributed by atoms with E-state index < -0.39 is 30.1 Å². The van der Waals surface area contributed by atoms with E-state index in [1.165, 1.54) is 0 Å². The van der Waals surface area contributed by atoms with Gasteiger partial charge in [0.2, 0.25) is 0 Å². The molecule has 1 aromatic rings. The fourth-order valence-electron chi connectivity index (χ4n) is 3.16. The van der Waals surface area contributed by atoms with Crippen LogP contribution in [0.1, 0.15) is 5.56 Å². The lowest BCUT2D eigenvalue weighted by molar-refractivity contribution is -0.155. The summed E-state index contributed by atoms with van der Waals surface area (Å²) < 4.78 is 5.75. The minimum absolute atomic E-state index is 0.146. The molecule has 26 heavy (non-hydrogen) atoms. The van der Waals surface area contributed by atoms with Crippen LogP contribution in [0.25, 0.3) is 0 Å². The summed E-state index contributed by atoms with van der Waals surface area (Å²) in [6, 6.07) is 8.88. The van der Waals surface area contributed by atoms with Gasteiger partial charge in [-0.1, -0.05) is 30.3 Å². The molecule has 142 valence electrons. The van der Waals surface area contributed by atoms with Gasteiger partial charge < -0.3 is 20.1 Å². The lowest BCUT2D eigenvalue weighted by Crippen LogP contribution is -2.48. The Morgan fingerprint density at radius 1 is 0.885 bits per heavy atom. The Morgan fingerprint density at radius 2 is 1.38 bits per heavy atom. The third kappa shape index (κ3) is 5.51. The zero-order valence-corrected chi connectivity index (χ0v) is 14.2. The third-order valence-corrected chi connectivity index (χ3v) is 4.18. The van der Waals surface area contributed by atoms with Crippen LogP contribution in [0.3, 0.4) is 0 Å². The second-order valence-electron chi connectivity index (χ2n) is 6.25. The fourth-order valence-corrected chi connectivity index (χ4v) is 3.16. The molecule has 9 nitrogen and oxygen atoms in total. The van der Waals surface area contributed by atoms with Gasteiger partial charge in [-0.2, -0.15) is 0 Å². The summed E-state index contributed by atoms with van der Waals surface area (Å²) >= 11 is 0. The Morgan fingerprint density at radius 3 is 1.81 bits per heavy atom. The highest BCUT2D eigenvalue weighted by Crippen LogP contribution is 2.30. The lowest BCUT2D eigenvalue weighted by Gasteiger charge is -2.37. The molecule has 2 rings (SSSR count). The summed E-state index contributed by atoms with van der Waals surface area (Å²) in [5, 5.41) is 27.3. The highest BCUT2D eigenvalue weighted by molar-refractivity contribution is 5.70. The molecule has 1 heterocycles. The van der Waals surface area contributed by atoms with E-state index in [1.807, 2.05) is 0 Å². The Bertz CT molecular complexity index is 624. The van der Waals surface area contributed by atoms with Gasteiger partial charge in [-0.25, -0.2) is 4.79 Å². The molecule has 1 aliphatic rings. The highest BCUT2D eigenvalue weighted by Gasteiger charge is 2.40. The van der Waals surface area contributed by atoms with E-state index >= 15 is 0 Å². The van der Waals surface area contributed by atoms with Crippen LogP contribution in [0.5, 0.6) is 0 Å². The Kier molecular flexibility index (Phi) is 6.67. The van der Waals surface area contributed by atoms with E-state index in [1.54, 1.807) is 40.1 Å². The molecular weight excluding hydrogens is 344 g/mol. The summed E-state index contributed by atoms with van der Waals surface area (Å²) in [5.74, 6) is -3.19. The van der Waals surface area contributed by atoms with Gasteiger partial charge in [-0.3, -0.25) is 19.4 Å². The van der Waals surface area contributed by atoms with Crippen LogP contribution in [-0.4, -0.2) is 88.9 Å². The van der Waals surface area contributed by atoms with Crippen molar-refractivity contribution in [2.45, 2.75) is 5.60 Å². The molecule has 3 N–H and O–H groups in total. The molecule has 1 fully saturated rings. The molecule has 0 aromatic heterocycles.